The molecule has 106 valence electrons. The lowest BCUT2D eigenvalue weighted by atomic mass is 10.00. The van der Waals surface area contributed by atoms with Gasteiger partial charge in [0.15, 0.2) is 5.82 Å². The van der Waals surface area contributed by atoms with Gasteiger partial charge in [0.2, 0.25) is 0 Å². The lowest BCUT2D eigenvalue weighted by molar-refractivity contribution is -0.141. The van der Waals surface area contributed by atoms with Crippen molar-refractivity contribution < 1.29 is 9.90 Å². The number of carbonyl (C=O) groups is 1. The normalized spacial score (nSPS) is 12.4. The van der Waals surface area contributed by atoms with Crippen LogP contribution < -0.4 is 0 Å². The standard InChI is InChI=1S/C14H16BrN3O2/c1-8(14(19)20)6-12-9(2)17-18(10(12)3)13-5-4-11(15)7-16-13/h4-5,7-8H,6H2,1-3H3,(H,19,20). The maximum atomic E-state index is 11.0. The van der Waals surface area contributed by atoms with Crippen molar-refractivity contribution in [2.45, 2.75) is 27.2 Å². The van der Waals surface area contributed by atoms with Crippen LogP contribution in [0.2, 0.25) is 0 Å². The van der Waals surface area contributed by atoms with E-state index >= 15 is 0 Å². The second-order valence-electron chi connectivity index (χ2n) is 4.84. The second kappa shape index (κ2) is 5.75. The molecule has 0 saturated heterocycles. The molecule has 6 heteroatoms. The molecule has 0 radical (unpaired) electrons. The molecule has 0 aliphatic carbocycles. The van der Waals surface area contributed by atoms with Crippen LogP contribution in [0.3, 0.4) is 0 Å². The highest BCUT2D eigenvalue weighted by molar-refractivity contribution is 9.10. The smallest absolute Gasteiger partial charge is 0.306 e. The molecule has 20 heavy (non-hydrogen) atoms. The molecule has 0 bridgehead atoms. The first-order valence-corrected chi connectivity index (χ1v) is 7.09. The Morgan fingerprint density at radius 2 is 2.15 bits per heavy atom. The van der Waals surface area contributed by atoms with Gasteiger partial charge in [0.05, 0.1) is 11.6 Å². The number of pyridine rings is 1. The van der Waals surface area contributed by atoms with E-state index in [2.05, 4.69) is 26.0 Å². The molecule has 0 aliphatic heterocycles. The molecule has 0 spiro atoms. The van der Waals surface area contributed by atoms with Crippen molar-refractivity contribution in [3.8, 4) is 5.82 Å². The highest BCUT2D eigenvalue weighted by Crippen LogP contribution is 2.21. The number of hydrogen-bond acceptors (Lipinski definition) is 3. The minimum atomic E-state index is -0.793. The van der Waals surface area contributed by atoms with Crippen molar-refractivity contribution in [2.75, 3.05) is 0 Å². The van der Waals surface area contributed by atoms with Gasteiger partial charge in [0.1, 0.15) is 0 Å². The van der Waals surface area contributed by atoms with Crippen LogP contribution >= 0.6 is 15.9 Å². The number of nitrogens with zero attached hydrogens (tertiary/aromatic N) is 3. The molecule has 2 aromatic rings. The summed E-state index contributed by atoms with van der Waals surface area (Å²) in [6.07, 6.45) is 2.19. The summed E-state index contributed by atoms with van der Waals surface area (Å²) < 4.78 is 2.66. The molecule has 0 aliphatic rings. The molecule has 0 aromatic carbocycles. The first-order chi connectivity index (χ1) is 9.40. The van der Waals surface area contributed by atoms with Gasteiger partial charge in [-0.1, -0.05) is 6.92 Å². The van der Waals surface area contributed by atoms with Crippen LogP contribution in [0.15, 0.2) is 22.8 Å². The second-order valence-corrected chi connectivity index (χ2v) is 5.75. The van der Waals surface area contributed by atoms with Crippen LogP contribution in [0, 0.1) is 19.8 Å². The van der Waals surface area contributed by atoms with Crippen molar-refractivity contribution in [2.24, 2.45) is 5.92 Å². The van der Waals surface area contributed by atoms with Crippen molar-refractivity contribution in [1.29, 1.82) is 0 Å². The Morgan fingerprint density at radius 3 is 2.70 bits per heavy atom. The van der Waals surface area contributed by atoms with E-state index in [0.29, 0.717) is 6.42 Å². The zero-order chi connectivity index (χ0) is 14.9. The molecule has 1 unspecified atom stereocenters. The lowest BCUT2D eigenvalue weighted by Gasteiger charge is -2.07. The number of carboxylic acids is 1. The number of aromatic nitrogens is 3. The van der Waals surface area contributed by atoms with E-state index in [4.69, 9.17) is 5.11 Å². The molecule has 0 saturated carbocycles. The summed E-state index contributed by atoms with van der Waals surface area (Å²) in [5, 5.41) is 13.5. The van der Waals surface area contributed by atoms with E-state index in [1.54, 1.807) is 17.8 Å². The van der Waals surface area contributed by atoms with Gasteiger partial charge >= 0.3 is 5.97 Å². The van der Waals surface area contributed by atoms with E-state index < -0.39 is 11.9 Å². The monoisotopic (exact) mass is 337 g/mol. The van der Waals surface area contributed by atoms with E-state index in [1.807, 2.05) is 26.0 Å². The van der Waals surface area contributed by atoms with Crippen molar-refractivity contribution in [3.05, 3.63) is 39.8 Å². The number of carboxylic acid groups (broad SMARTS) is 1. The van der Waals surface area contributed by atoms with E-state index in [1.165, 1.54) is 0 Å². The first-order valence-electron chi connectivity index (χ1n) is 6.30. The lowest BCUT2D eigenvalue weighted by Crippen LogP contribution is -2.13. The molecular weight excluding hydrogens is 322 g/mol. The largest absolute Gasteiger partial charge is 0.481 e. The Bertz CT molecular complexity index is 635. The molecular formula is C14H16BrN3O2. The molecule has 2 rings (SSSR count). The maximum absolute atomic E-state index is 11.0. The Balaban J connectivity index is 2.38. The molecule has 5 nitrogen and oxygen atoms in total. The maximum Gasteiger partial charge on any atom is 0.306 e. The van der Waals surface area contributed by atoms with Gasteiger partial charge < -0.3 is 5.11 Å². The topological polar surface area (TPSA) is 68.0 Å². The number of aryl methyl sites for hydroxylation is 1. The fraction of sp³-hybridized carbons (Fsp3) is 0.357. The molecule has 2 aromatic heterocycles. The number of halogens is 1. The van der Waals surface area contributed by atoms with Gasteiger partial charge in [-0.15, -0.1) is 0 Å². The number of hydrogen-bond donors (Lipinski definition) is 1. The van der Waals surface area contributed by atoms with E-state index in [-0.39, 0.29) is 0 Å². The SMILES string of the molecule is Cc1nn(-c2ccc(Br)cn2)c(C)c1CC(C)C(=O)O. The van der Waals surface area contributed by atoms with Crippen molar-refractivity contribution >= 4 is 21.9 Å². The average molecular weight is 338 g/mol. The van der Waals surface area contributed by atoms with Crippen LogP contribution in [0.25, 0.3) is 5.82 Å². The fourth-order valence-corrected chi connectivity index (χ4v) is 2.31. The van der Waals surface area contributed by atoms with Crippen LogP contribution in [0.5, 0.6) is 0 Å². The van der Waals surface area contributed by atoms with Gasteiger partial charge in [-0.25, -0.2) is 9.67 Å². The molecule has 1 N–H and O–H groups in total. The Hall–Kier alpha value is -1.69. The minimum absolute atomic E-state index is 0.428. The number of aliphatic carboxylic acids is 1. The summed E-state index contributed by atoms with van der Waals surface area (Å²) in [7, 11) is 0. The Labute approximate surface area is 125 Å². The van der Waals surface area contributed by atoms with Crippen molar-refractivity contribution in [1.82, 2.24) is 14.8 Å². The molecule has 0 amide bonds. The predicted octanol–water partition coefficient (Wildman–Crippen LogP) is 2.91. The molecule has 2 heterocycles. The predicted molar refractivity (Wildman–Crippen MR) is 79.0 cm³/mol. The van der Waals surface area contributed by atoms with Crippen LogP contribution in [0.4, 0.5) is 0 Å². The van der Waals surface area contributed by atoms with Crippen molar-refractivity contribution in [3.63, 3.8) is 0 Å². The van der Waals surface area contributed by atoms with Gasteiger partial charge in [0, 0.05) is 16.4 Å². The Kier molecular flexibility index (Phi) is 4.23. The fourth-order valence-electron chi connectivity index (χ4n) is 2.08. The van der Waals surface area contributed by atoms with Gasteiger partial charge in [0.25, 0.3) is 0 Å². The number of rotatable bonds is 4. The van der Waals surface area contributed by atoms with Gasteiger partial charge in [-0.2, -0.15) is 5.10 Å². The highest BCUT2D eigenvalue weighted by Gasteiger charge is 2.19. The highest BCUT2D eigenvalue weighted by atomic mass is 79.9. The van der Waals surface area contributed by atoms with E-state index in [9.17, 15) is 4.79 Å². The van der Waals surface area contributed by atoms with Gasteiger partial charge in [-0.05, 0) is 53.9 Å². The first kappa shape index (κ1) is 14.7. The quantitative estimate of drug-likeness (QED) is 0.931. The summed E-state index contributed by atoms with van der Waals surface area (Å²) >= 11 is 3.35. The van der Waals surface area contributed by atoms with E-state index in [0.717, 1.165) is 27.2 Å². The average Bonchev–Trinajstić information content (AvgIpc) is 2.67. The van der Waals surface area contributed by atoms with Crippen LogP contribution in [-0.2, 0) is 11.2 Å². The summed E-state index contributed by atoms with van der Waals surface area (Å²) in [6, 6.07) is 3.77. The summed E-state index contributed by atoms with van der Waals surface area (Å²) in [5.74, 6) is -0.496. The summed E-state index contributed by atoms with van der Waals surface area (Å²) in [5.41, 5.74) is 2.76. The third kappa shape index (κ3) is 2.90. The Morgan fingerprint density at radius 1 is 1.45 bits per heavy atom. The van der Waals surface area contributed by atoms with Gasteiger partial charge in [-0.3, -0.25) is 4.79 Å². The summed E-state index contributed by atoms with van der Waals surface area (Å²) in [4.78, 5) is 15.3. The summed E-state index contributed by atoms with van der Waals surface area (Å²) in [6.45, 7) is 5.54. The molecule has 1 atom stereocenters. The minimum Gasteiger partial charge on any atom is -0.481 e. The van der Waals surface area contributed by atoms with Crippen LogP contribution in [-0.4, -0.2) is 25.8 Å². The third-order valence-electron chi connectivity index (χ3n) is 3.30. The zero-order valence-electron chi connectivity index (χ0n) is 11.6. The van der Waals surface area contributed by atoms with Crippen LogP contribution in [0.1, 0.15) is 23.9 Å². The molecule has 0 fully saturated rings. The third-order valence-corrected chi connectivity index (χ3v) is 3.77. The zero-order valence-corrected chi connectivity index (χ0v) is 13.2.